The van der Waals surface area contributed by atoms with E-state index >= 15 is 0 Å². The smallest absolute Gasteiger partial charge is 0.343 e. The number of carbonyl (C=O) groups excluding carboxylic acids is 2. The molecule has 0 fully saturated rings. The Labute approximate surface area is 149 Å². The topological polar surface area (TPSA) is 52.6 Å². The number of hydrogen-bond acceptors (Lipinski definition) is 4. The molecule has 0 spiro atoms. The van der Waals surface area contributed by atoms with Crippen molar-refractivity contribution in [1.82, 2.24) is 0 Å². The van der Waals surface area contributed by atoms with Crippen LogP contribution in [0.2, 0.25) is 10.0 Å². The van der Waals surface area contributed by atoms with Gasteiger partial charge in [0.1, 0.15) is 10.8 Å². The third-order valence-corrected chi connectivity index (χ3v) is 4.87. The summed E-state index contributed by atoms with van der Waals surface area (Å²) in [4.78, 5) is 24.0. The van der Waals surface area contributed by atoms with Crippen LogP contribution < -0.4 is 4.74 Å². The number of esters is 1. The molecule has 124 valence electrons. The maximum Gasteiger partial charge on any atom is 0.343 e. The number of rotatable bonds is 4. The summed E-state index contributed by atoms with van der Waals surface area (Å²) in [6, 6.07) is 11.2. The van der Waals surface area contributed by atoms with Gasteiger partial charge < -0.3 is 9.47 Å². The van der Waals surface area contributed by atoms with Crippen molar-refractivity contribution in [2.75, 3.05) is 13.7 Å². The zero-order chi connectivity index (χ0) is 17.3. The summed E-state index contributed by atoms with van der Waals surface area (Å²) in [5.74, 6) is -0.596. The minimum atomic E-state index is -0.527. The molecular weight excluding hydrogens is 351 g/mol. The van der Waals surface area contributed by atoms with Crippen molar-refractivity contribution in [2.24, 2.45) is 0 Å². The number of halogens is 2. The van der Waals surface area contributed by atoms with E-state index < -0.39 is 5.97 Å². The van der Waals surface area contributed by atoms with E-state index in [1.807, 2.05) is 30.3 Å². The second-order valence-corrected chi connectivity index (χ2v) is 6.19. The fourth-order valence-electron chi connectivity index (χ4n) is 2.82. The Hall–Kier alpha value is -2.04. The second-order valence-electron chi connectivity index (χ2n) is 5.43. The maximum atomic E-state index is 12.7. The van der Waals surface area contributed by atoms with Crippen LogP contribution in [0.25, 0.3) is 0 Å². The number of hydrogen-bond donors (Lipinski definition) is 0. The lowest BCUT2D eigenvalue weighted by atomic mass is 9.95. The van der Waals surface area contributed by atoms with Gasteiger partial charge in [-0.15, -0.1) is 0 Å². The first-order valence-electron chi connectivity index (χ1n) is 7.32. The molecule has 0 amide bonds. The van der Waals surface area contributed by atoms with Gasteiger partial charge in [-0.05, 0) is 23.6 Å². The van der Waals surface area contributed by atoms with Gasteiger partial charge in [0, 0.05) is 5.56 Å². The monoisotopic (exact) mass is 364 g/mol. The van der Waals surface area contributed by atoms with Crippen LogP contribution in [0.4, 0.5) is 0 Å². The van der Waals surface area contributed by atoms with Gasteiger partial charge in [-0.25, -0.2) is 4.79 Å². The number of fused-ring (bicyclic) bond motifs is 1. The molecule has 0 bridgehead atoms. The third kappa shape index (κ3) is 2.99. The van der Waals surface area contributed by atoms with Crippen molar-refractivity contribution in [1.29, 1.82) is 0 Å². The molecule has 0 N–H and O–H groups in total. The van der Waals surface area contributed by atoms with Crippen LogP contribution in [0, 0.1) is 0 Å². The van der Waals surface area contributed by atoms with Crippen molar-refractivity contribution in [2.45, 2.75) is 12.3 Å². The molecular formula is C18H14Cl2O4. The predicted octanol–water partition coefficient (Wildman–Crippen LogP) is 4.07. The molecule has 1 atom stereocenters. The fraction of sp³-hybridized carbons (Fsp3) is 0.222. The molecule has 6 heteroatoms. The van der Waals surface area contributed by atoms with E-state index in [2.05, 4.69) is 4.74 Å². The molecule has 0 saturated carbocycles. The molecule has 1 unspecified atom stereocenters. The van der Waals surface area contributed by atoms with Gasteiger partial charge in [0.2, 0.25) is 0 Å². The van der Waals surface area contributed by atoms with Crippen molar-refractivity contribution in [3.05, 3.63) is 63.1 Å². The van der Waals surface area contributed by atoms with Crippen LogP contribution in [-0.2, 0) is 16.0 Å². The molecule has 1 aliphatic carbocycles. The van der Waals surface area contributed by atoms with Crippen LogP contribution in [0.3, 0.4) is 0 Å². The van der Waals surface area contributed by atoms with Crippen molar-refractivity contribution in [3.8, 4) is 5.75 Å². The molecule has 2 aromatic rings. The van der Waals surface area contributed by atoms with Crippen LogP contribution in [0.5, 0.6) is 5.75 Å². The summed E-state index contributed by atoms with van der Waals surface area (Å²) in [5, 5.41) is 0.291. The summed E-state index contributed by atoms with van der Waals surface area (Å²) in [6.07, 6.45) is 0.518. The minimum absolute atomic E-state index is 0.0531. The SMILES string of the molecule is COC(=O)COc1cc2c(c(Cl)c1Cl)C(=O)C(c1ccccc1)C2. The number of benzene rings is 2. The van der Waals surface area contributed by atoms with Crippen molar-refractivity contribution < 1.29 is 19.1 Å². The molecule has 0 radical (unpaired) electrons. The van der Waals surface area contributed by atoms with E-state index in [1.54, 1.807) is 6.07 Å². The Kier molecular flexibility index (Phi) is 4.78. The van der Waals surface area contributed by atoms with E-state index in [4.69, 9.17) is 27.9 Å². The highest BCUT2D eigenvalue weighted by Crippen LogP contribution is 2.44. The standard InChI is InChI=1S/C18H14Cl2O4/c1-23-14(21)9-24-13-8-11-7-12(10-5-3-2-4-6-10)18(22)15(11)17(20)16(13)19/h2-6,8,12H,7,9H2,1H3. The maximum absolute atomic E-state index is 12.7. The summed E-state index contributed by atoms with van der Waals surface area (Å²) in [5.41, 5.74) is 2.13. The summed E-state index contributed by atoms with van der Waals surface area (Å²) in [6.45, 7) is -0.276. The summed E-state index contributed by atoms with van der Waals surface area (Å²) in [7, 11) is 1.27. The molecule has 0 saturated heterocycles. The van der Waals surface area contributed by atoms with Crippen LogP contribution >= 0.6 is 23.2 Å². The highest BCUT2D eigenvalue weighted by molar-refractivity contribution is 6.45. The second kappa shape index (κ2) is 6.83. The van der Waals surface area contributed by atoms with Gasteiger partial charge in [-0.1, -0.05) is 53.5 Å². The summed E-state index contributed by atoms with van der Waals surface area (Å²) < 4.78 is 9.90. The molecule has 1 aliphatic rings. The molecule has 0 aromatic heterocycles. The van der Waals surface area contributed by atoms with Gasteiger partial charge >= 0.3 is 5.97 Å². The first-order chi connectivity index (χ1) is 11.5. The minimum Gasteiger partial charge on any atom is -0.480 e. The van der Waals surface area contributed by atoms with E-state index in [0.29, 0.717) is 12.0 Å². The lowest BCUT2D eigenvalue weighted by molar-refractivity contribution is -0.142. The number of ketones is 1. The third-order valence-electron chi connectivity index (χ3n) is 4.02. The average molecular weight is 365 g/mol. The van der Waals surface area contributed by atoms with Gasteiger partial charge in [0.05, 0.1) is 18.1 Å². The van der Waals surface area contributed by atoms with E-state index in [1.165, 1.54) is 7.11 Å². The van der Waals surface area contributed by atoms with Crippen molar-refractivity contribution in [3.63, 3.8) is 0 Å². The van der Waals surface area contributed by atoms with Gasteiger partial charge in [0.25, 0.3) is 0 Å². The molecule has 24 heavy (non-hydrogen) atoms. The Bertz CT molecular complexity index is 802. The Morgan fingerprint density at radius 3 is 2.58 bits per heavy atom. The van der Waals surface area contributed by atoms with Gasteiger partial charge in [-0.3, -0.25) is 4.79 Å². The quantitative estimate of drug-likeness (QED) is 0.767. The molecule has 3 rings (SSSR count). The highest BCUT2D eigenvalue weighted by atomic mass is 35.5. The molecule has 2 aromatic carbocycles. The first-order valence-corrected chi connectivity index (χ1v) is 8.08. The van der Waals surface area contributed by atoms with E-state index in [0.717, 1.165) is 11.1 Å². The Morgan fingerprint density at radius 2 is 1.92 bits per heavy atom. The zero-order valence-electron chi connectivity index (χ0n) is 12.8. The van der Waals surface area contributed by atoms with E-state index in [9.17, 15) is 9.59 Å². The van der Waals surface area contributed by atoms with Crippen LogP contribution in [0.15, 0.2) is 36.4 Å². The van der Waals surface area contributed by atoms with Crippen LogP contribution in [0.1, 0.15) is 27.4 Å². The van der Waals surface area contributed by atoms with Gasteiger partial charge in [0.15, 0.2) is 12.4 Å². The summed E-state index contributed by atoms with van der Waals surface area (Å²) >= 11 is 12.5. The zero-order valence-corrected chi connectivity index (χ0v) is 14.4. The predicted molar refractivity (Wildman–Crippen MR) is 91.2 cm³/mol. The Morgan fingerprint density at radius 1 is 1.21 bits per heavy atom. The number of Topliss-reactive ketones (excluding diaryl/α,β-unsaturated/α-hetero) is 1. The number of ether oxygens (including phenoxy) is 2. The molecule has 4 nitrogen and oxygen atoms in total. The van der Waals surface area contributed by atoms with E-state index in [-0.39, 0.29) is 34.1 Å². The van der Waals surface area contributed by atoms with Crippen molar-refractivity contribution >= 4 is 35.0 Å². The first kappa shape index (κ1) is 16.8. The van der Waals surface area contributed by atoms with Crippen LogP contribution in [-0.4, -0.2) is 25.5 Å². The fourth-order valence-corrected chi connectivity index (χ4v) is 3.33. The number of methoxy groups -OCH3 is 1. The number of carbonyl (C=O) groups is 2. The lowest BCUT2D eigenvalue weighted by Crippen LogP contribution is -2.13. The normalized spacial score (nSPS) is 16.0. The highest BCUT2D eigenvalue weighted by Gasteiger charge is 2.35. The molecule has 0 aliphatic heterocycles. The largest absolute Gasteiger partial charge is 0.480 e. The van der Waals surface area contributed by atoms with Gasteiger partial charge in [-0.2, -0.15) is 0 Å². The Balaban J connectivity index is 1.94. The molecule has 0 heterocycles. The lowest BCUT2D eigenvalue weighted by Gasteiger charge is -2.11. The average Bonchev–Trinajstić information content (AvgIpc) is 2.94.